The average molecular weight is 511 g/mol. The van der Waals surface area contributed by atoms with Crippen molar-refractivity contribution in [1.29, 1.82) is 0 Å². The molecule has 0 radical (unpaired) electrons. The Morgan fingerprint density at radius 1 is 1.03 bits per heavy atom. The quantitative estimate of drug-likeness (QED) is 0.400. The molecule has 2 saturated heterocycles. The van der Waals surface area contributed by atoms with Gasteiger partial charge in [0.2, 0.25) is 0 Å². The number of halogens is 3. The van der Waals surface area contributed by atoms with Crippen LogP contribution in [0.25, 0.3) is 16.6 Å². The monoisotopic (exact) mass is 510 g/mol. The van der Waals surface area contributed by atoms with E-state index in [4.69, 9.17) is 9.47 Å². The molecule has 4 aromatic rings. The van der Waals surface area contributed by atoms with Crippen LogP contribution in [-0.2, 0) is 10.9 Å². The number of hydrogen-bond acceptors (Lipinski definition) is 7. The Bertz CT molecular complexity index is 1410. The van der Waals surface area contributed by atoms with E-state index < -0.39 is 11.7 Å². The van der Waals surface area contributed by atoms with Crippen LogP contribution < -0.4 is 15.4 Å². The Kier molecular flexibility index (Phi) is 5.96. The molecule has 192 valence electrons. The van der Waals surface area contributed by atoms with Crippen molar-refractivity contribution in [3.05, 3.63) is 66.2 Å². The minimum atomic E-state index is -4.43. The molecule has 0 amide bonds. The molecule has 0 unspecified atom stereocenters. The fourth-order valence-electron chi connectivity index (χ4n) is 4.92. The molecule has 2 aliphatic rings. The normalized spacial score (nSPS) is 21.7. The summed E-state index contributed by atoms with van der Waals surface area (Å²) in [4.78, 5) is 8.32. The maximum absolute atomic E-state index is 12.8. The van der Waals surface area contributed by atoms with Crippen LogP contribution in [0, 0.1) is 6.92 Å². The summed E-state index contributed by atoms with van der Waals surface area (Å²) in [5.74, 6) is 1.47. The predicted molar refractivity (Wildman–Crippen MR) is 131 cm³/mol. The van der Waals surface area contributed by atoms with E-state index in [-0.39, 0.29) is 11.9 Å². The zero-order valence-electron chi connectivity index (χ0n) is 20.0. The molecule has 4 aromatic heterocycles. The van der Waals surface area contributed by atoms with E-state index in [0.717, 1.165) is 53.2 Å². The number of nitrogens with zero attached hydrogens (tertiary/aromatic N) is 4. The van der Waals surface area contributed by atoms with Crippen LogP contribution in [0.2, 0.25) is 0 Å². The number of pyridine rings is 3. The van der Waals surface area contributed by atoms with Crippen molar-refractivity contribution in [2.24, 2.45) is 0 Å². The second-order valence-corrected chi connectivity index (χ2v) is 9.50. The van der Waals surface area contributed by atoms with E-state index in [0.29, 0.717) is 31.1 Å². The minimum Gasteiger partial charge on any atom is -0.488 e. The summed E-state index contributed by atoms with van der Waals surface area (Å²) in [7, 11) is 0. The van der Waals surface area contributed by atoms with Crippen LogP contribution in [0.15, 0.2) is 55.0 Å². The number of alkyl halides is 3. The zero-order valence-corrected chi connectivity index (χ0v) is 20.0. The van der Waals surface area contributed by atoms with Gasteiger partial charge in [-0.3, -0.25) is 4.98 Å². The second kappa shape index (κ2) is 9.31. The number of rotatable bonds is 5. The predicted octanol–water partition coefficient (Wildman–Crippen LogP) is 4.76. The highest BCUT2D eigenvalue weighted by Crippen LogP contribution is 2.34. The Morgan fingerprint density at radius 2 is 1.84 bits per heavy atom. The molecule has 6 heterocycles. The first-order valence-corrected chi connectivity index (χ1v) is 12.1. The first kappa shape index (κ1) is 23.7. The average Bonchev–Trinajstić information content (AvgIpc) is 3.26. The molecule has 2 N–H and O–H groups in total. The number of ether oxygens (including phenoxy) is 2. The third kappa shape index (κ3) is 5.09. The van der Waals surface area contributed by atoms with Gasteiger partial charge >= 0.3 is 6.18 Å². The number of morpholine rings is 1. The van der Waals surface area contributed by atoms with Gasteiger partial charge in [0.1, 0.15) is 17.7 Å². The second-order valence-electron chi connectivity index (χ2n) is 9.50. The minimum absolute atomic E-state index is 0.0779. The fraction of sp³-hybridized carbons (Fsp3) is 0.346. The molecule has 3 atom stereocenters. The molecule has 2 bridgehead atoms. The molecule has 0 spiro atoms. The first-order chi connectivity index (χ1) is 17.8. The van der Waals surface area contributed by atoms with Crippen molar-refractivity contribution < 1.29 is 22.6 Å². The van der Waals surface area contributed by atoms with Gasteiger partial charge < -0.3 is 20.1 Å². The molecule has 2 fully saturated rings. The lowest BCUT2D eigenvalue weighted by atomic mass is 9.94. The van der Waals surface area contributed by atoms with E-state index in [1.165, 1.54) is 6.07 Å². The van der Waals surface area contributed by atoms with Gasteiger partial charge in [0.05, 0.1) is 30.5 Å². The number of nitrogens with one attached hydrogen (secondary N) is 2. The third-order valence-electron chi connectivity index (χ3n) is 6.62. The lowest BCUT2D eigenvalue weighted by molar-refractivity contribution is -0.137. The number of aromatic nitrogens is 4. The first-order valence-electron chi connectivity index (χ1n) is 12.1. The maximum atomic E-state index is 12.8. The van der Waals surface area contributed by atoms with E-state index in [1.54, 1.807) is 10.7 Å². The molecule has 6 rings (SSSR count). The standard InChI is InChI=1S/C26H25F3N6O2/c1-15-6-22(23(12-30-15)37-21-8-18-13-36-14-19(9-21)32-18)16-4-5-35-20(7-16)10-25(34-35)33-24-3-2-17(11-31-24)26(27,28)29/h2-7,10-12,18-19,21,32H,8-9,13-14H2,1H3,(H,31,33,34)/t18-,19+,21-. The largest absolute Gasteiger partial charge is 0.488 e. The molecule has 0 aliphatic carbocycles. The van der Waals surface area contributed by atoms with Gasteiger partial charge in [-0.1, -0.05) is 0 Å². The number of aryl methyl sites for hydroxylation is 1. The van der Waals surface area contributed by atoms with Gasteiger partial charge in [-0.2, -0.15) is 18.3 Å². The Balaban J connectivity index is 1.24. The van der Waals surface area contributed by atoms with Crippen LogP contribution in [0.4, 0.5) is 24.8 Å². The van der Waals surface area contributed by atoms with Crippen LogP contribution in [0.5, 0.6) is 5.75 Å². The van der Waals surface area contributed by atoms with Gasteiger partial charge in [-0.25, -0.2) is 9.50 Å². The summed E-state index contributed by atoms with van der Waals surface area (Å²) < 4.78 is 52.2. The summed E-state index contributed by atoms with van der Waals surface area (Å²) in [5.41, 5.74) is 2.77. The summed E-state index contributed by atoms with van der Waals surface area (Å²) in [5, 5.41) is 11.0. The van der Waals surface area contributed by atoms with E-state index in [9.17, 15) is 13.2 Å². The fourth-order valence-corrected chi connectivity index (χ4v) is 4.92. The highest BCUT2D eigenvalue weighted by Gasteiger charge is 2.33. The highest BCUT2D eigenvalue weighted by atomic mass is 19.4. The van der Waals surface area contributed by atoms with Crippen molar-refractivity contribution in [2.75, 3.05) is 18.5 Å². The molecule has 11 heteroatoms. The van der Waals surface area contributed by atoms with Crippen molar-refractivity contribution in [3.8, 4) is 16.9 Å². The topological polar surface area (TPSA) is 85.6 Å². The smallest absolute Gasteiger partial charge is 0.417 e. The van der Waals surface area contributed by atoms with Gasteiger partial charge in [0, 0.05) is 54.6 Å². The molecular weight excluding hydrogens is 485 g/mol. The molecule has 0 aromatic carbocycles. The molecule has 2 aliphatic heterocycles. The zero-order chi connectivity index (χ0) is 25.6. The van der Waals surface area contributed by atoms with Crippen LogP contribution in [0.1, 0.15) is 24.1 Å². The summed E-state index contributed by atoms with van der Waals surface area (Å²) in [6, 6.07) is 10.6. The third-order valence-corrected chi connectivity index (χ3v) is 6.62. The maximum Gasteiger partial charge on any atom is 0.417 e. The number of hydrogen-bond donors (Lipinski definition) is 2. The Labute approximate surface area is 210 Å². The molecule has 37 heavy (non-hydrogen) atoms. The molecule has 0 saturated carbocycles. The highest BCUT2D eigenvalue weighted by molar-refractivity contribution is 5.75. The van der Waals surface area contributed by atoms with Crippen molar-refractivity contribution in [1.82, 2.24) is 24.9 Å². The summed E-state index contributed by atoms with van der Waals surface area (Å²) in [6.45, 7) is 3.34. The SMILES string of the molecule is Cc1cc(-c2ccn3nc(Nc4ccc(C(F)(F)F)cn4)cc3c2)c(O[C@H]2C[C@H]3COC[C@@H](C2)N3)cn1. The summed E-state index contributed by atoms with van der Waals surface area (Å²) in [6.07, 6.45) is 1.81. The number of fused-ring (bicyclic) bond motifs is 3. The Hall–Kier alpha value is -3.70. The lowest BCUT2D eigenvalue weighted by Crippen LogP contribution is -2.56. The van der Waals surface area contributed by atoms with Gasteiger partial charge in [0.15, 0.2) is 5.82 Å². The van der Waals surface area contributed by atoms with Gasteiger partial charge in [-0.15, -0.1) is 0 Å². The van der Waals surface area contributed by atoms with Crippen LogP contribution in [-0.4, -0.2) is 51.0 Å². The molecule has 8 nitrogen and oxygen atoms in total. The number of anilines is 2. The van der Waals surface area contributed by atoms with E-state index in [1.807, 2.05) is 37.4 Å². The van der Waals surface area contributed by atoms with Gasteiger partial charge in [0.25, 0.3) is 0 Å². The summed E-state index contributed by atoms with van der Waals surface area (Å²) >= 11 is 0. The van der Waals surface area contributed by atoms with E-state index in [2.05, 4.69) is 25.7 Å². The van der Waals surface area contributed by atoms with E-state index >= 15 is 0 Å². The van der Waals surface area contributed by atoms with Crippen molar-refractivity contribution >= 4 is 17.2 Å². The van der Waals surface area contributed by atoms with Crippen molar-refractivity contribution in [2.45, 2.75) is 44.1 Å². The van der Waals surface area contributed by atoms with Crippen LogP contribution in [0.3, 0.4) is 0 Å². The van der Waals surface area contributed by atoms with Crippen molar-refractivity contribution in [3.63, 3.8) is 0 Å². The molecular formula is C26H25F3N6O2. The van der Waals surface area contributed by atoms with Crippen LogP contribution >= 0.6 is 0 Å². The number of piperidine rings is 1. The lowest BCUT2D eigenvalue weighted by Gasteiger charge is -2.40. The Morgan fingerprint density at radius 3 is 2.57 bits per heavy atom. The van der Waals surface area contributed by atoms with Gasteiger partial charge in [-0.05, 0) is 42.8 Å².